The first-order valence-corrected chi connectivity index (χ1v) is 9.73. The fraction of sp³-hybridized carbons (Fsp3) is 0. The Labute approximate surface area is 149 Å². The van der Waals surface area contributed by atoms with Gasteiger partial charge in [0.05, 0.1) is 15.9 Å². The molecule has 0 aliphatic rings. The van der Waals surface area contributed by atoms with E-state index in [1.54, 1.807) is 24.3 Å². The zero-order valence-corrected chi connectivity index (χ0v) is 15.3. The molecule has 3 nitrogen and oxygen atoms in total. The number of halogens is 1. The Morgan fingerprint density at radius 2 is 1.46 bits per heavy atom. The highest BCUT2D eigenvalue weighted by Gasteiger charge is 2.23. The highest BCUT2D eigenvalue weighted by atomic mass is 79.9. The summed E-state index contributed by atoms with van der Waals surface area (Å²) in [6, 6.07) is 20.1. The summed E-state index contributed by atoms with van der Waals surface area (Å²) in [6.45, 7) is 0. The van der Waals surface area contributed by atoms with E-state index in [0.717, 1.165) is 20.7 Å². The van der Waals surface area contributed by atoms with Crippen molar-refractivity contribution in [1.82, 2.24) is 3.97 Å². The maximum absolute atomic E-state index is 13.2. The van der Waals surface area contributed by atoms with Crippen LogP contribution in [0.1, 0.15) is 0 Å². The third-order valence-corrected chi connectivity index (χ3v) is 6.36. The van der Waals surface area contributed by atoms with Crippen molar-refractivity contribution in [3.63, 3.8) is 0 Å². The molecule has 0 unspecified atom stereocenters. The second-order valence-electron chi connectivity index (χ2n) is 5.76. The molecule has 3 aromatic carbocycles. The van der Waals surface area contributed by atoms with Gasteiger partial charge in [-0.3, -0.25) is 0 Å². The van der Waals surface area contributed by atoms with Crippen LogP contribution in [-0.2, 0) is 10.0 Å². The fourth-order valence-electron chi connectivity index (χ4n) is 3.03. The average molecular weight is 398 g/mol. The van der Waals surface area contributed by atoms with Gasteiger partial charge in [-0.2, -0.15) is 0 Å². The van der Waals surface area contributed by atoms with Crippen LogP contribution in [0.25, 0.3) is 21.8 Å². The summed E-state index contributed by atoms with van der Waals surface area (Å²) in [4.78, 5) is 0.285. The monoisotopic (exact) mass is 397 g/mol. The molecule has 0 atom stereocenters. The van der Waals surface area contributed by atoms with Gasteiger partial charge >= 0.3 is 0 Å². The molecule has 1 aromatic heterocycles. The lowest BCUT2D eigenvalue weighted by Crippen LogP contribution is -2.13. The highest BCUT2D eigenvalue weighted by Crippen LogP contribution is 2.33. The van der Waals surface area contributed by atoms with Crippen molar-refractivity contribution >= 4 is 61.1 Å². The molecule has 1 heterocycles. The van der Waals surface area contributed by atoms with Gasteiger partial charge in [0.1, 0.15) is 7.85 Å². The van der Waals surface area contributed by atoms with Crippen molar-refractivity contribution in [2.24, 2.45) is 0 Å². The Hall–Kier alpha value is -2.05. The predicted molar refractivity (Wildman–Crippen MR) is 104 cm³/mol. The van der Waals surface area contributed by atoms with Crippen LogP contribution < -0.4 is 5.46 Å². The number of nitrogens with zero attached hydrogens (tertiary/aromatic N) is 1. The smallest absolute Gasteiger partial charge is 0.233 e. The number of fused-ring (bicyclic) bond motifs is 3. The van der Waals surface area contributed by atoms with Crippen molar-refractivity contribution in [2.45, 2.75) is 4.90 Å². The van der Waals surface area contributed by atoms with Crippen LogP contribution in [0.2, 0.25) is 0 Å². The summed E-state index contributed by atoms with van der Waals surface area (Å²) in [5.74, 6) is 0. The van der Waals surface area contributed by atoms with E-state index in [1.165, 1.54) is 3.97 Å². The quantitative estimate of drug-likeness (QED) is 0.487. The lowest BCUT2D eigenvalue weighted by molar-refractivity contribution is 0.590. The molecule has 6 heteroatoms. The first kappa shape index (κ1) is 15.5. The summed E-state index contributed by atoms with van der Waals surface area (Å²) in [6.07, 6.45) is 0. The SMILES string of the molecule is Bc1ccc2c(c1)c1cc(Br)ccc1n2S(=O)(=O)c1ccccc1. The van der Waals surface area contributed by atoms with Crippen LogP contribution in [-0.4, -0.2) is 20.2 Å². The molecule has 0 aliphatic heterocycles. The molecule has 0 radical (unpaired) electrons. The average Bonchev–Trinajstić information content (AvgIpc) is 2.89. The second kappa shape index (κ2) is 5.50. The lowest BCUT2D eigenvalue weighted by Gasteiger charge is -2.09. The van der Waals surface area contributed by atoms with Gasteiger partial charge in [-0.15, -0.1) is 0 Å². The van der Waals surface area contributed by atoms with Crippen molar-refractivity contribution in [1.29, 1.82) is 0 Å². The van der Waals surface area contributed by atoms with Gasteiger partial charge in [-0.25, -0.2) is 12.4 Å². The molecule has 118 valence electrons. The van der Waals surface area contributed by atoms with Crippen molar-refractivity contribution < 1.29 is 8.42 Å². The van der Waals surface area contributed by atoms with E-state index >= 15 is 0 Å². The fourth-order valence-corrected chi connectivity index (χ4v) is 4.94. The van der Waals surface area contributed by atoms with E-state index in [0.29, 0.717) is 11.0 Å². The van der Waals surface area contributed by atoms with Gasteiger partial charge in [0.15, 0.2) is 0 Å². The summed E-state index contributed by atoms with van der Waals surface area (Å²) >= 11 is 3.48. The zero-order chi connectivity index (χ0) is 16.9. The Morgan fingerprint density at radius 3 is 2.17 bits per heavy atom. The topological polar surface area (TPSA) is 39.1 Å². The van der Waals surface area contributed by atoms with Crippen LogP contribution in [0.15, 0.2) is 76.1 Å². The molecule has 0 aliphatic carbocycles. The third kappa shape index (κ3) is 2.29. The predicted octanol–water partition coefficient (Wildman–Crippen LogP) is 3.05. The minimum Gasteiger partial charge on any atom is -0.233 e. The van der Waals surface area contributed by atoms with Gasteiger partial charge < -0.3 is 0 Å². The minimum absolute atomic E-state index is 0.285. The largest absolute Gasteiger partial charge is 0.268 e. The lowest BCUT2D eigenvalue weighted by atomic mass is 9.94. The van der Waals surface area contributed by atoms with E-state index in [4.69, 9.17) is 0 Å². The van der Waals surface area contributed by atoms with Gasteiger partial charge in [0, 0.05) is 15.2 Å². The second-order valence-corrected chi connectivity index (χ2v) is 8.47. The van der Waals surface area contributed by atoms with Gasteiger partial charge in [-0.05, 0) is 36.4 Å². The molecule has 24 heavy (non-hydrogen) atoms. The van der Waals surface area contributed by atoms with Crippen LogP contribution in [0.3, 0.4) is 0 Å². The third-order valence-electron chi connectivity index (χ3n) is 4.12. The number of aromatic nitrogens is 1. The number of hydrogen-bond acceptors (Lipinski definition) is 2. The van der Waals surface area contributed by atoms with Crippen LogP contribution in [0.5, 0.6) is 0 Å². The molecule has 0 amide bonds. The molecule has 4 aromatic rings. The van der Waals surface area contributed by atoms with Crippen LogP contribution in [0.4, 0.5) is 0 Å². The summed E-state index contributed by atoms with van der Waals surface area (Å²) < 4.78 is 28.9. The van der Waals surface area contributed by atoms with E-state index in [-0.39, 0.29) is 4.90 Å². The van der Waals surface area contributed by atoms with E-state index in [9.17, 15) is 8.42 Å². The maximum Gasteiger partial charge on any atom is 0.268 e. The van der Waals surface area contributed by atoms with Crippen molar-refractivity contribution in [3.8, 4) is 0 Å². The van der Waals surface area contributed by atoms with E-state index in [2.05, 4.69) is 15.9 Å². The van der Waals surface area contributed by atoms with Crippen LogP contribution in [0, 0.1) is 0 Å². The number of hydrogen-bond donors (Lipinski definition) is 0. The Balaban J connectivity index is 2.19. The van der Waals surface area contributed by atoms with E-state index in [1.807, 2.05) is 50.3 Å². The van der Waals surface area contributed by atoms with Gasteiger partial charge in [0.25, 0.3) is 10.0 Å². The maximum atomic E-state index is 13.2. The Morgan fingerprint density at radius 1 is 0.833 bits per heavy atom. The summed E-state index contributed by atoms with van der Waals surface area (Å²) in [5.41, 5.74) is 2.47. The molecule has 0 N–H and O–H groups in total. The highest BCUT2D eigenvalue weighted by molar-refractivity contribution is 9.10. The molecule has 0 spiro atoms. The first-order valence-electron chi connectivity index (χ1n) is 7.49. The molecule has 0 bridgehead atoms. The van der Waals surface area contributed by atoms with Gasteiger partial charge in [0.2, 0.25) is 0 Å². The standard InChI is InChI=1S/C18H13BBrNO2S/c19-12-6-8-17-15(10-12)16-11-13(20)7-9-18(16)21(17)24(22,23)14-4-2-1-3-5-14/h1-11H,19H2. The molecule has 4 rings (SSSR count). The van der Waals surface area contributed by atoms with E-state index < -0.39 is 10.0 Å². The molecule has 0 fully saturated rings. The zero-order valence-electron chi connectivity index (χ0n) is 12.9. The van der Waals surface area contributed by atoms with Crippen LogP contribution >= 0.6 is 15.9 Å². The molecular formula is C18H13BBrNO2S. The normalized spacial score (nSPS) is 12.0. The first-order chi connectivity index (χ1) is 11.5. The Kier molecular flexibility index (Phi) is 3.55. The minimum atomic E-state index is -3.67. The summed E-state index contributed by atoms with van der Waals surface area (Å²) in [5, 5.41) is 1.85. The van der Waals surface area contributed by atoms with Crippen molar-refractivity contribution in [2.75, 3.05) is 0 Å². The number of benzene rings is 3. The molecular weight excluding hydrogens is 385 g/mol. The Bertz CT molecular complexity index is 1120. The van der Waals surface area contributed by atoms with Crippen molar-refractivity contribution in [3.05, 3.63) is 71.2 Å². The molecule has 0 saturated heterocycles. The summed E-state index contributed by atoms with van der Waals surface area (Å²) in [7, 11) is -1.67. The number of rotatable bonds is 2. The molecule has 0 saturated carbocycles. The van der Waals surface area contributed by atoms with Gasteiger partial charge in [-0.1, -0.05) is 51.7 Å².